The summed E-state index contributed by atoms with van der Waals surface area (Å²) >= 11 is 0. The Morgan fingerprint density at radius 2 is 1.92 bits per heavy atom. The standard InChI is InChI=1S/C11H23NO/c1-3-4-9-12-10-7-5-6-8-11-13-2/h9H,3-8,10-11H2,1-2H3. The molecule has 0 fully saturated rings. The second kappa shape index (κ2) is 11.6. The van der Waals surface area contributed by atoms with Crippen LogP contribution in [0.15, 0.2) is 4.99 Å². The van der Waals surface area contributed by atoms with E-state index in [0.29, 0.717) is 0 Å². The van der Waals surface area contributed by atoms with Gasteiger partial charge in [-0.25, -0.2) is 0 Å². The zero-order valence-corrected chi connectivity index (χ0v) is 9.09. The molecule has 0 saturated heterocycles. The molecule has 0 aromatic heterocycles. The molecule has 0 bridgehead atoms. The van der Waals surface area contributed by atoms with Crippen LogP contribution in [-0.2, 0) is 4.74 Å². The molecule has 0 radical (unpaired) electrons. The van der Waals surface area contributed by atoms with Crippen molar-refractivity contribution in [3.05, 3.63) is 0 Å². The molecule has 0 aromatic rings. The van der Waals surface area contributed by atoms with Crippen LogP contribution in [0.3, 0.4) is 0 Å². The number of aliphatic imine (C=N–C) groups is 1. The van der Waals surface area contributed by atoms with Gasteiger partial charge in [-0.2, -0.15) is 0 Å². The fourth-order valence-electron chi connectivity index (χ4n) is 1.11. The minimum atomic E-state index is 0.902. The van der Waals surface area contributed by atoms with E-state index in [2.05, 4.69) is 18.1 Å². The molecule has 0 unspecified atom stereocenters. The fraction of sp³-hybridized carbons (Fsp3) is 0.909. The van der Waals surface area contributed by atoms with Crippen LogP contribution in [0, 0.1) is 0 Å². The monoisotopic (exact) mass is 185 g/mol. The van der Waals surface area contributed by atoms with E-state index < -0.39 is 0 Å². The molecular weight excluding hydrogens is 162 g/mol. The molecule has 0 N–H and O–H groups in total. The van der Waals surface area contributed by atoms with Gasteiger partial charge in [0, 0.05) is 20.3 Å². The molecule has 13 heavy (non-hydrogen) atoms. The van der Waals surface area contributed by atoms with Crippen molar-refractivity contribution in [3.63, 3.8) is 0 Å². The summed E-state index contributed by atoms with van der Waals surface area (Å²) in [6, 6.07) is 0. The lowest BCUT2D eigenvalue weighted by Crippen LogP contribution is -1.89. The second-order valence-corrected chi connectivity index (χ2v) is 3.28. The molecule has 0 aliphatic carbocycles. The maximum atomic E-state index is 4.97. The number of unbranched alkanes of at least 4 members (excludes halogenated alkanes) is 4. The van der Waals surface area contributed by atoms with Gasteiger partial charge < -0.3 is 4.74 Å². The molecule has 0 rings (SSSR count). The molecule has 0 aromatic carbocycles. The van der Waals surface area contributed by atoms with Crippen LogP contribution in [0.4, 0.5) is 0 Å². The topological polar surface area (TPSA) is 21.6 Å². The molecule has 2 heteroatoms. The number of hydrogen-bond acceptors (Lipinski definition) is 2. The van der Waals surface area contributed by atoms with Crippen molar-refractivity contribution in [2.24, 2.45) is 4.99 Å². The zero-order chi connectivity index (χ0) is 9.78. The summed E-state index contributed by atoms with van der Waals surface area (Å²) in [7, 11) is 1.76. The van der Waals surface area contributed by atoms with Gasteiger partial charge in [-0.1, -0.05) is 26.2 Å². The van der Waals surface area contributed by atoms with Crippen molar-refractivity contribution >= 4 is 6.21 Å². The Morgan fingerprint density at radius 3 is 2.62 bits per heavy atom. The third-order valence-corrected chi connectivity index (χ3v) is 1.93. The number of nitrogens with zero attached hydrogens (tertiary/aromatic N) is 1. The highest BCUT2D eigenvalue weighted by atomic mass is 16.5. The normalized spacial score (nSPS) is 11.2. The lowest BCUT2D eigenvalue weighted by Gasteiger charge is -1.98. The van der Waals surface area contributed by atoms with Gasteiger partial charge in [-0.3, -0.25) is 4.99 Å². The third-order valence-electron chi connectivity index (χ3n) is 1.93. The van der Waals surface area contributed by atoms with Crippen LogP contribution >= 0.6 is 0 Å². The van der Waals surface area contributed by atoms with E-state index in [4.69, 9.17) is 4.74 Å². The smallest absolute Gasteiger partial charge is 0.0462 e. The Kier molecular flexibility index (Phi) is 11.3. The lowest BCUT2D eigenvalue weighted by atomic mass is 10.2. The summed E-state index contributed by atoms with van der Waals surface area (Å²) in [5.74, 6) is 0. The van der Waals surface area contributed by atoms with Crippen LogP contribution in [-0.4, -0.2) is 26.5 Å². The molecule has 2 nitrogen and oxygen atoms in total. The van der Waals surface area contributed by atoms with Gasteiger partial charge in [0.15, 0.2) is 0 Å². The Morgan fingerprint density at radius 1 is 1.15 bits per heavy atom. The SMILES string of the molecule is CCCC=NCCCCCCOC. The summed E-state index contributed by atoms with van der Waals surface area (Å²) in [5, 5.41) is 0. The molecule has 0 aliphatic heterocycles. The Balaban J connectivity index is 2.91. The third kappa shape index (κ3) is 11.6. The summed E-state index contributed by atoms with van der Waals surface area (Å²) in [6.45, 7) is 4.09. The Labute approximate surface area is 82.4 Å². The molecule has 0 heterocycles. The summed E-state index contributed by atoms with van der Waals surface area (Å²) in [4.78, 5) is 4.32. The van der Waals surface area contributed by atoms with Gasteiger partial charge in [0.05, 0.1) is 0 Å². The van der Waals surface area contributed by atoms with Crippen molar-refractivity contribution in [2.75, 3.05) is 20.3 Å². The van der Waals surface area contributed by atoms with Gasteiger partial charge >= 0.3 is 0 Å². The average Bonchev–Trinajstić information content (AvgIpc) is 2.16. The highest BCUT2D eigenvalue weighted by Gasteiger charge is 1.87. The van der Waals surface area contributed by atoms with Crippen LogP contribution < -0.4 is 0 Å². The minimum absolute atomic E-state index is 0.902. The van der Waals surface area contributed by atoms with Crippen molar-refractivity contribution in [2.45, 2.75) is 45.4 Å². The lowest BCUT2D eigenvalue weighted by molar-refractivity contribution is 0.192. The van der Waals surface area contributed by atoms with Gasteiger partial charge in [-0.05, 0) is 25.5 Å². The summed E-state index contributed by atoms with van der Waals surface area (Å²) < 4.78 is 4.97. The van der Waals surface area contributed by atoms with E-state index >= 15 is 0 Å². The van der Waals surface area contributed by atoms with E-state index in [-0.39, 0.29) is 0 Å². The molecular formula is C11H23NO. The molecule has 0 amide bonds. The van der Waals surface area contributed by atoms with Crippen LogP contribution in [0.1, 0.15) is 45.4 Å². The zero-order valence-electron chi connectivity index (χ0n) is 9.09. The molecule has 0 aliphatic rings. The predicted molar refractivity (Wildman–Crippen MR) is 58.6 cm³/mol. The molecule has 0 saturated carbocycles. The first-order valence-electron chi connectivity index (χ1n) is 5.39. The van der Waals surface area contributed by atoms with Crippen LogP contribution in [0.2, 0.25) is 0 Å². The van der Waals surface area contributed by atoms with Gasteiger partial charge in [0.1, 0.15) is 0 Å². The average molecular weight is 185 g/mol. The number of ether oxygens (including phenoxy) is 1. The highest BCUT2D eigenvalue weighted by molar-refractivity contribution is 5.56. The van der Waals surface area contributed by atoms with Crippen LogP contribution in [0.5, 0.6) is 0 Å². The summed E-state index contributed by atoms with van der Waals surface area (Å²) in [6.07, 6.45) is 9.36. The van der Waals surface area contributed by atoms with Crippen molar-refractivity contribution in [1.82, 2.24) is 0 Å². The van der Waals surface area contributed by atoms with Gasteiger partial charge in [0.2, 0.25) is 0 Å². The van der Waals surface area contributed by atoms with Gasteiger partial charge in [-0.15, -0.1) is 0 Å². The molecule has 78 valence electrons. The van der Waals surface area contributed by atoms with E-state index in [9.17, 15) is 0 Å². The van der Waals surface area contributed by atoms with Crippen molar-refractivity contribution in [3.8, 4) is 0 Å². The number of methoxy groups -OCH3 is 1. The molecule has 0 atom stereocenters. The fourth-order valence-corrected chi connectivity index (χ4v) is 1.11. The largest absolute Gasteiger partial charge is 0.385 e. The maximum Gasteiger partial charge on any atom is 0.0462 e. The van der Waals surface area contributed by atoms with Crippen LogP contribution in [0.25, 0.3) is 0 Å². The number of rotatable bonds is 9. The quantitative estimate of drug-likeness (QED) is 0.399. The second-order valence-electron chi connectivity index (χ2n) is 3.28. The highest BCUT2D eigenvalue weighted by Crippen LogP contribution is 1.99. The maximum absolute atomic E-state index is 4.97. The van der Waals surface area contributed by atoms with E-state index in [0.717, 1.165) is 19.6 Å². The first-order valence-corrected chi connectivity index (χ1v) is 5.39. The van der Waals surface area contributed by atoms with Gasteiger partial charge in [0.25, 0.3) is 0 Å². The first-order chi connectivity index (χ1) is 6.41. The predicted octanol–water partition coefficient (Wildman–Crippen LogP) is 3.06. The number of hydrogen-bond donors (Lipinski definition) is 0. The van der Waals surface area contributed by atoms with E-state index in [1.807, 2.05) is 0 Å². The summed E-state index contributed by atoms with van der Waals surface area (Å²) in [5.41, 5.74) is 0. The van der Waals surface area contributed by atoms with Crippen molar-refractivity contribution in [1.29, 1.82) is 0 Å². The van der Waals surface area contributed by atoms with Crippen molar-refractivity contribution < 1.29 is 4.74 Å². The first kappa shape index (κ1) is 12.6. The molecule has 0 spiro atoms. The minimum Gasteiger partial charge on any atom is -0.385 e. The Hall–Kier alpha value is -0.370. The van der Waals surface area contributed by atoms with E-state index in [1.54, 1.807) is 7.11 Å². The van der Waals surface area contributed by atoms with E-state index in [1.165, 1.54) is 32.1 Å². The Bertz CT molecular complexity index is 113.